The van der Waals surface area contributed by atoms with E-state index in [9.17, 15) is 0 Å². The van der Waals surface area contributed by atoms with Crippen molar-refractivity contribution in [1.29, 1.82) is 0 Å². The van der Waals surface area contributed by atoms with E-state index in [1.165, 1.54) is 5.56 Å². The van der Waals surface area contributed by atoms with Crippen molar-refractivity contribution in [1.82, 2.24) is 24.6 Å². The molecule has 0 spiro atoms. The maximum Gasteiger partial charge on any atom is 0.181 e. The van der Waals surface area contributed by atoms with Crippen LogP contribution in [0, 0.1) is 0 Å². The molecule has 0 unspecified atom stereocenters. The number of likely N-dealkylation sites (tertiary alicyclic amines) is 1. The maximum absolute atomic E-state index is 5.94. The molecule has 1 aliphatic rings. The monoisotopic (exact) mass is 363 g/mol. The molecule has 1 fully saturated rings. The first kappa shape index (κ1) is 17.7. The molecule has 1 aliphatic heterocycles. The number of pyridine rings is 1. The van der Waals surface area contributed by atoms with Gasteiger partial charge in [-0.3, -0.25) is 14.6 Å². The lowest BCUT2D eigenvalue weighted by molar-refractivity contribution is 0.129. The fraction of sp³-hybridized carbons (Fsp3) is 0.381. The summed E-state index contributed by atoms with van der Waals surface area (Å²) in [6, 6.07) is 12.2. The van der Waals surface area contributed by atoms with Crippen molar-refractivity contribution in [2.75, 3.05) is 13.1 Å². The van der Waals surface area contributed by atoms with E-state index >= 15 is 0 Å². The quantitative estimate of drug-likeness (QED) is 0.673. The molecular formula is C21H25N5O. The summed E-state index contributed by atoms with van der Waals surface area (Å²) in [6.07, 6.45) is 3.72. The number of rotatable bonds is 6. The second-order valence-electron chi connectivity index (χ2n) is 7.32. The number of benzene rings is 1. The Bertz CT molecular complexity index is 900. The molecule has 0 saturated carbocycles. The molecule has 3 aromatic rings. The third-order valence-electron chi connectivity index (χ3n) is 4.79. The third kappa shape index (κ3) is 3.85. The number of ether oxygens (including phenoxy) is 1. The predicted molar refractivity (Wildman–Crippen MR) is 104 cm³/mol. The average molecular weight is 363 g/mol. The highest BCUT2D eigenvalue weighted by molar-refractivity contribution is 5.53. The molecule has 0 bridgehead atoms. The first-order chi connectivity index (χ1) is 13.1. The second kappa shape index (κ2) is 7.48. The summed E-state index contributed by atoms with van der Waals surface area (Å²) in [7, 11) is 1.97. The molecule has 140 valence electrons. The summed E-state index contributed by atoms with van der Waals surface area (Å²) in [5.41, 5.74) is 2.24. The lowest BCUT2D eigenvalue weighted by Gasteiger charge is -2.38. The van der Waals surface area contributed by atoms with E-state index in [-0.39, 0.29) is 6.10 Å². The largest absolute Gasteiger partial charge is 0.491 e. The lowest BCUT2D eigenvalue weighted by atomic mass is 9.98. The number of hydrogen-bond donors (Lipinski definition) is 0. The first-order valence-corrected chi connectivity index (χ1v) is 9.38. The number of hydrogen-bond acceptors (Lipinski definition) is 5. The van der Waals surface area contributed by atoms with E-state index in [1.54, 1.807) is 12.4 Å². The number of para-hydroxylation sites is 1. The van der Waals surface area contributed by atoms with Crippen LogP contribution in [-0.2, 0) is 13.6 Å². The van der Waals surface area contributed by atoms with Gasteiger partial charge in [-0.25, -0.2) is 4.98 Å². The molecule has 6 nitrogen and oxygen atoms in total. The van der Waals surface area contributed by atoms with Gasteiger partial charge in [-0.15, -0.1) is 0 Å². The van der Waals surface area contributed by atoms with Gasteiger partial charge in [0.25, 0.3) is 0 Å². The maximum atomic E-state index is 5.94. The minimum absolute atomic E-state index is 0.181. The highest BCUT2D eigenvalue weighted by Crippen LogP contribution is 2.30. The molecule has 3 heterocycles. The molecule has 0 N–H and O–H groups in total. The Morgan fingerprint density at radius 2 is 1.85 bits per heavy atom. The Labute approximate surface area is 159 Å². The van der Waals surface area contributed by atoms with Crippen molar-refractivity contribution in [2.24, 2.45) is 7.05 Å². The van der Waals surface area contributed by atoms with Crippen molar-refractivity contribution in [3.05, 3.63) is 60.2 Å². The van der Waals surface area contributed by atoms with E-state index in [1.807, 2.05) is 29.9 Å². The van der Waals surface area contributed by atoms with Crippen LogP contribution in [-0.4, -0.2) is 43.8 Å². The van der Waals surface area contributed by atoms with E-state index in [4.69, 9.17) is 9.72 Å². The summed E-state index contributed by atoms with van der Waals surface area (Å²) < 4.78 is 7.85. The highest BCUT2D eigenvalue weighted by atomic mass is 16.5. The Balaban J connectivity index is 1.41. The SMILES string of the molecule is CC(C)Oc1ccccc1CN1CC(c2nc(-c3ccncc3)nn2C)C1. The summed E-state index contributed by atoms with van der Waals surface area (Å²) >= 11 is 0. The van der Waals surface area contributed by atoms with Gasteiger partial charge < -0.3 is 4.74 Å². The molecule has 2 aromatic heterocycles. The Morgan fingerprint density at radius 1 is 1.11 bits per heavy atom. The third-order valence-corrected chi connectivity index (χ3v) is 4.79. The summed E-state index contributed by atoms with van der Waals surface area (Å²) in [5.74, 6) is 3.21. The second-order valence-corrected chi connectivity index (χ2v) is 7.32. The smallest absolute Gasteiger partial charge is 0.181 e. The number of aryl methyl sites for hydroxylation is 1. The van der Waals surface area contributed by atoms with Crippen LogP contribution in [0.1, 0.15) is 31.2 Å². The van der Waals surface area contributed by atoms with Crippen molar-refractivity contribution in [3.63, 3.8) is 0 Å². The van der Waals surface area contributed by atoms with Crippen LogP contribution in [0.3, 0.4) is 0 Å². The fourth-order valence-corrected chi connectivity index (χ4v) is 3.48. The van der Waals surface area contributed by atoms with E-state index in [0.29, 0.717) is 5.92 Å². The molecule has 27 heavy (non-hydrogen) atoms. The molecule has 1 aromatic carbocycles. The topological polar surface area (TPSA) is 56.1 Å². The van der Waals surface area contributed by atoms with Crippen molar-refractivity contribution in [3.8, 4) is 17.1 Å². The first-order valence-electron chi connectivity index (χ1n) is 9.38. The molecule has 0 aliphatic carbocycles. The zero-order valence-corrected chi connectivity index (χ0v) is 16.0. The fourth-order valence-electron chi connectivity index (χ4n) is 3.48. The minimum atomic E-state index is 0.181. The summed E-state index contributed by atoms with van der Waals surface area (Å²) in [4.78, 5) is 11.3. The molecule has 4 rings (SSSR count). The number of aromatic nitrogens is 4. The normalized spacial score (nSPS) is 15.1. The lowest BCUT2D eigenvalue weighted by Crippen LogP contribution is -2.45. The van der Waals surface area contributed by atoms with Gasteiger partial charge in [0.05, 0.1) is 6.10 Å². The average Bonchev–Trinajstić information content (AvgIpc) is 3.01. The van der Waals surface area contributed by atoms with Gasteiger partial charge in [0.15, 0.2) is 5.82 Å². The molecule has 1 saturated heterocycles. The predicted octanol–water partition coefficient (Wildman–Crippen LogP) is 3.26. The van der Waals surface area contributed by atoms with Crippen LogP contribution in [0.2, 0.25) is 0 Å². The van der Waals surface area contributed by atoms with Crippen LogP contribution >= 0.6 is 0 Å². The minimum Gasteiger partial charge on any atom is -0.491 e. The standard InChI is InChI=1S/C21H25N5O/c1-15(2)27-19-7-5-4-6-17(19)12-26-13-18(14-26)21-23-20(24-25(21)3)16-8-10-22-11-9-16/h4-11,15,18H,12-14H2,1-3H3. The Morgan fingerprint density at radius 3 is 2.59 bits per heavy atom. The highest BCUT2D eigenvalue weighted by Gasteiger charge is 2.32. The molecule has 6 heteroatoms. The molecule has 0 amide bonds. The van der Waals surface area contributed by atoms with Gasteiger partial charge in [0.2, 0.25) is 0 Å². The molecule has 0 atom stereocenters. The van der Waals surface area contributed by atoms with Gasteiger partial charge in [-0.2, -0.15) is 5.10 Å². The van der Waals surface area contributed by atoms with Crippen LogP contribution < -0.4 is 4.74 Å². The van der Waals surface area contributed by atoms with Gasteiger partial charge in [0.1, 0.15) is 11.6 Å². The zero-order valence-electron chi connectivity index (χ0n) is 16.0. The van der Waals surface area contributed by atoms with Gasteiger partial charge in [0, 0.05) is 56.1 Å². The van der Waals surface area contributed by atoms with Gasteiger partial charge >= 0.3 is 0 Å². The zero-order chi connectivity index (χ0) is 18.8. The van der Waals surface area contributed by atoms with E-state index in [0.717, 1.165) is 42.6 Å². The van der Waals surface area contributed by atoms with Crippen LogP contribution in [0.4, 0.5) is 0 Å². The van der Waals surface area contributed by atoms with E-state index in [2.05, 4.69) is 47.0 Å². The van der Waals surface area contributed by atoms with Crippen molar-refractivity contribution < 1.29 is 4.74 Å². The van der Waals surface area contributed by atoms with Crippen LogP contribution in [0.25, 0.3) is 11.4 Å². The van der Waals surface area contributed by atoms with E-state index < -0.39 is 0 Å². The Kier molecular flexibility index (Phi) is 4.90. The van der Waals surface area contributed by atoms with Crippen molar-refractivity contribution >= 4 is 0 Å². The van der Waals surface area contributed by atoms with Crippen LogP contribution in [0.15, 0.2) is 48.8 Å². The summed E-state index contributed by atoms with van der Waals surface area (Å²) in [6.45, 7) is 6.99. The molecular weight excluding hydrogens is 338 g/mol. The van der Waals surface area contributed by atoms with Crippen molar-refractivity contribution in [2.45, 2.75) is 32.4 Å². The summed E-state index contributed by atoms with van der Waals surface area (Å²) in [5, 5.41) is 4.58. The van der Waals surface area contributed by atoms with Gasteiger partial charge in [-0.1, -0.05) is 18.2 Å². The van der Waals surface area contributed by atoms with Crippen LogP contribution in [0.5, 0.6) is 5.75 Å². The number of nitrogens with zero attached hydrogens (tertiary/aromatic N) is 5. The Hall–Kier alpha value is -2.73. The molecule has 0 radical (unpaired) electrons. The van der Waals surface area contributed by atoms with Gasteiger partial charge in [-0.05, 0) is 32.0 Å².